The van der Waals surface area contributed by atoms with Gasteiger partial charge in [0.15, 0.2) is 0 Å². The van der Waals surface area contributed by atoms with E-state index in [-0.39, 0.29) is 16.6 Å². The minimum atomic E-state index is -0.580. The summed E-state index contributed by atoms with van der Waals surface area (Å²) in [5, 5.41) is 2.87. The van der Waals surface area contributed by atoms with Gasteiger partial charge in [-0.15, -0.1) is 0 Å². The van der Waals surface area contributed by atoms with Crippen molar-refractivity contribution in [1.82, 2.24) is 4.90 Å². The third kappa shape index (κ3) is 5.21. The van der Waals surface area contributed by atoms with Crippen molar-refractivity contribution >= 4 is 40.7 Å². The maximum atomic E-state index is 13.3. The normalized spacial score (nSPS) is 16.4. The molecule has 0 atom stereocenters. The van der Waals surface area contributed by atoms with Crippen molar-refractivity contribution in [2.45, 2.75) is 20.4 Å². The van der Waals surface area contributed by atoms with Gasteiger partial charge in [0.1, 0.15) is 17.3 Å². The second-order valence-electron chi connectivity index (χ2n) is 9.83. The van der Waals surface area contributed by atoms with E-state index in [1.165, 1.54) is 10.5 Å². The van der Waals surface area contributed by atoms with E-state index >= 15 is 0 Å². The Labute approximate surface area is 227 Å². The number of hydrogen-bond donors (Lipinski definition) is 2. The van der Waals surface area contributed by atoms with Crippen molar-refractivity contribution in [3.63, 3.8) is 0 Å². The van der Waals surface area contributed by atoms with Crippen molar-refractivity contribution in [2.75, 3.05) is 36.4 Å². The average molecular weight is 530 g/mol. The number of anilines is 2. The molecule has 0 aromatic heterocycles. The minimum absolute atomic E-state index is 0.00284. The Morgan fingerprint density at radius 3 is 2.29 bits per heavy atom. The number of benzene rings is 3. The summed E-state index contributed by atoms with van der Waals surface area (Å²) < 4.78 is 0. The van der Waals surface area contributed by atoms with E-state index in [2.05, 4.69) is 29.6 Å². The zero-order valence-electron chi connectivity index (χ0n) is 21.5. The zero-order chi connectivity index (χ0) is 26.8. The molecule has 3 aromatic carbocycles. The largest absolute Gasteiger partial charge is 0.349 e. The van der Waals surface area contributed by atoms with Crippen LogP contribution in [-0.2, 0) is 16.1 Å². The molecule has 194 valence electrons. The molecule has 0 aliphatic carbocycles. The Morgan fingerprint density at radius 2 is 1.61 bits per heavy atom. The molecule has 0 spiro atoms. The zero-order valence-corrected chi connectivity index (χ0v) is 22.2. The number of piperazine rings is 1. The van der Waals surface area contributed by atoms with E-state index in [0.717, 1.165) is 35.7 Å². The number of carbonyl (C=O) groups excluding carboxylic acids is 3. The van der Waals surface area contributed by atoms with Crippen LogP contribution in [0.2, 0.25) is 0 Å². The maximum absolute atomic E-state index is 13.3. The molecule has 3 amide bonds. The van der Waals surface area contributed by atoms with Crippen LogP contribution in [0, 0.1) is 13.8 Å². The second-order valence-corrected chi connectivity index (χ2v) is 10.2. The number of imide groups is 1. The molecule has 2 N–H and O–H groups in total. The molecule has 38 heavy (non-hydrogen) atoms. The molecule has 0 radical (unpaired) electrons. The van der Waals surface area contributed by atoms with Crippen LogP contribution in [0.3, 0.4) is 0 Å². The first-order valence-corrected chi connectivity index (χ1v) is 13.1. The first-order chi connectivity index (χ1) is 18.3. The van der Waals surface area contributed by atoms with E-state index in [9.17, 15) is 14.4 Å². The fraction of sp³-hybridized carbons (Fsp3) is 0.233. The van der Waals surface area contributed by atoms with Gasteiger partial charge in [-0.2, -0.15) is 0 Å². The van der Waals surface area contributed by atoms with Crippen LogP contribution in [0.25, 0.3) is 0 Å². The van der Waals surface area contributed by atoms with Crippen LogP contribution in [0.5, 0.6) is 0 Å². The summed E-state index contributed by atoms with van der Waals surface area (Å²) in [4.78, 5) is 43.7. The highest BCUT2D eigenvalue weighted by molar-refractivity contribution is 6.53. The standard InChI is InChI=1S/C30H29ClN4O3/c1-20-8-12-24(13-9-20)35-29(37)26(31)27(30(35)38)32-25-18-23(11-10-21(25)2)28(36)34-16-14-33(15-17-34)19-22-6-4-3-5-7-22/h3-13,18,32H,14-17,19H2,1-2H3/p+1. The molecule has 0 unspecified atom stereocenters. The quantitative estimate of drug-likeness (QED) is 0.481. The molecular formula is C30H30ClN4O3+. The Balaban J connectivity index is 1.27. The lowest BCUT2D eigenvalue weighted by Crippen LogP contribution is -3.13. The minimum Gasteiger partial charge on any atom is -0.349 e. The summed E-state index contributed by atoms with van der Waals surface area (Å²) in [6, 6.07) is 22.8. The monoisotopic (exact) mass is 529 g/mol. The lowest BCUT2D eigenvalue weighted by atomic mass is 10.1. The topological polar surface area (TPSA) is 74.2 Å². The molecule has 1 saturated heterocycles. The predicted molar refractivity (Wildman–Crippen MR) is 148 cm³/mol. The Kier molecular flexibility index (Phi) is 7.31. The summed E-state index contributed by atoms with van der Waals surface area (Å²) in [7, 11) is 0. The third-order valence-electron chi connectivity index (χ3n) is 7.12. The summed E-state index contributed by atoms with van der Waals surface area (Å²) in [5.74, 6) is -1.16. The first-order valence-electron chi connectivity index (χ1n) is 12.7. The van der Waals surface area contributed by atoms with Gasteiger partial charge in [0, 0.05) is 16.8 Å². The van der Waals surface area contributed by atoms with Crippen LogP contribution >= 0.6 is 11.6 Å². The number of nitrogens with zero attached hydrogens (tertiary/aromatic N) is 2. The molecule has 2 aliphatic rings. The number of halogens is 1. The van der Waals surface area contributed by atoms with Gasteiger partial charge in [-0.05, 0) is 43.7 Å². The maximum Gasteiger partial charge on any atom is 0.283 e. The summed E-state index contributed by atoms with van der Waals surface area (Å²) in [5.41, 5.74) is 4.67. The summed E-state index contributed by atoms with van der Waals surface area (Å²) in [6.07, 6.45) is 0. The fourth-order valence-corrected chi connectivity index (χ4v) is 5.05. The van der Waals surface area contributed by atoms with Crippen molar-refractivity contribution < 1.29 is 19.3 Å². The van der Waals surface area contributed by atoms with Crippen LogP contribution in [0.1, 0.15) is 27.0 Å². The molecule has 1 fully saturated rings. The highest BCUT2D eigenvalue weighted by Crippen LogP contribution is 2.31. The van der Waals surface area contributed by atoms with E-state index in [0.29, 0.717) is 30.0 Å². The van der Waals surface area contributed by atoms with Crippen LogP contribution in [0.15, 0.2) is 83.5 Å². The molecule has 2 aliphatic heterocycles. The van der Waals surface area contributed by atoms with Crippen molar-refractivity contribution in [3.05, 3.63) is 106 Å². The first kappa shape index (κ1) is 25.7. The number of nitrogens with one attached hydrogen (secondary N) is 2. The molecule has 5 rings (SSSR count). The number of hydrogen-bond acceptors (Lipinski definition) is 4. The van der Waals surface area contributed by atoms with Gasteiger partial charge in [0.25, 0.3) is 17.7 Å². The SMILES string of the molecule is Cc1ccc(N2C(=O)C(Cl)=C(Nc3cc(C(=O)N4CC[NH+](Cc5ccccc5)CC4)ccc3C)C2=O)cc1. The van der Waals surface area contributed by atoms with Gasteiger partial charge in [-0.3, -0.25) is 14.4 Å². The van der Waals surface area contributed by atoms with Crippen LogP contribution in [0.4, 0.5) is 11.4 Å². The Bertz CT molecular complexity index is 1410. The van der Waals surface area contributed by atoms with Gasteiger partial charge in [-0.1, -0.05) is 65.7 Å². The molecule has 8 heteroatoms. The number of amides is 3. The molecule has 7 nitrogen and oxygen atoms in total. The summed E-state index contributed by atoms with van der Waals surface area (Å²) in [6.45, 7) is 7.86. The predicted octanol–water partition coefficient (Wildman–Crippen LogP) is 3.28. The number of rotatable bonds is 6. The smallest absolute Gasteiger partial charge is 0.283 e. The van der Waals surface area contributed by atoms with E-state index < -0.39 is 11.8 Å². The number of quaternary nitrogens is 1. The lowest BCUT2D eigenvalue weighted by molar-refractivity contribution is -0.917. The van der Waals surface area contributed by atoms with Crippen molar-refractivity contribution in [3.8, 4) is 0 Å². The van der Waals surface area contributed by atoms with E-state index in [1.807, 2.05) is 43.0 Å². The van der Waals surface area contributed by atoms with Gasteiger partial charge in [0.2, 0.25) is 0 Å². The van der Waals surface area contributed by atoms with Crippen LogP contribution < -0.4 is 15.1 Å². The van der Waals surface area contributed by atoms with E-state index in [1.54, 1.807) is 24.3 Å². The van der Waals surface area contributed by atoms with Gasteiger partial charge in [0.05, 0.1) is 31.9 Å². The molecule has 0 saturated carbocycles. The fourth-order valence-electron chi connectivity index (χ4n) is 4.83. The highest BCUT2D eigenvalue weighted by Gasteiger charge is 2.39. The second kappa shape index (κ2) is 10.8. The van der Waals surface area contributed by atoms with Gasteiger partial charge in [-0.25, -0.2) is 4.90 Å². The summed E-state index contributed by atoms with van der Waals surface area (Å²) >= 11 is 6.33. The highest BCUT2D eigenvalue weighted by atomic mass is 35.5. The van der Waals surface area contributed by atoms with E-state index in [4.69, 9.17) is 11.6 Å². The van der Waals surface area contributed by atoms with Crippen molar-refractivity contribution in [2.24, 2.45) is 0 Å². The third-order valence-corrected chi connectivity index (χ3v) is 7.47. The number of aryl methyl sites for hydroxylation is 2. The average Bonchev–Trinajstić information content (AvgIpc) is 3.14. The lowest BCUT2D eigenvalue weighted by Gasteiger charge is -2.32. The Morgan fingerprint density at radius 1 is 0.921 bits per heavy atom. The number of carbonyl (C=O) groups is 3. The molecular weight excluding hydrogens is 500 g/mol. The van der Waals surface area contributed by atoms with Gasteiger partial charge < -0.3 is 15.1 Å². The molecule has 0 bridgehead atoms. The van der Waals surface area contributed by atoms with Gasteiger partial charge >= 0.3 is 0 Å². The Hall–Kier alpha value is -3.94. The van der Waals surface area contributed by atoms with Crippen molar-refractivity contribution in [1.29, 1.82) is 0 Å². The van der Waals surface area contributed by atoms with Crippen LogP contribution in [-0.4, -0.2) is 48.8 Å². The molecule has 2 heterocycles. The molecule has 3 aromatic rings.